The zero-order valence-electron chi connectivity index (χ0n) is 19.8. The summed E-state index contributed by atoms with van der Waals surface area (Å²) in [5.41, 5.74) is 5.50. The fraction of sp³-hybridized carbons (Fsp3) is 0.654. The fourth-order valence-corrected chi connectivity index (χ4v) is 5.93. The molecule has 1 aromatic carbocycles. The third kappa shape index (κ3) is 3.47. The van der Waals surface area contributed by atoms with Crippen molar-refractivity contribution < 1.29 is 4.79 Å². The van der Waals surface area contributed by atoms with Gasteiger partial charge in [0.2, 0.25) is 5.91 Å². The van der Waals surface area contributed by atoms with Crippen LogP contribution in [0.4, 0.5) is 5.69 Å². The minimum atomic E-state index is -0.0766. The van der Waals surface area contributed by atoms with Crippen LogP contribution < -0.4 is 5.32 Å². The number of benzene rings is 1. The van der Waals surface area contributed by atoms with E-state index in [0.29, 0.717) is 23.8 Å². The van der Waals surface area contributed by atoms with E-state index in [2.05, 4.69) is 88.0 Å². The Bertz CT molecular complexity index is 843. The van der Waals surface area contributed by atoms with E-state index >= 15 is 0 Å². The van der Waals surface area contributed by atoms with Crippen LogP contribution in [-0.2, 0) is 4.79 Å². The molecule has 164 valence electrons. The van der Waals surface area contributed by atoms with Crippen LogP contribution in [0.2, 0.25) is 0 Å². The molecule has 0 aromatic heterocycles. The van der Waals surface area contributed by atoms with Gasteiger partial charge in [0.1, 0.15) is 0 Å². The molecule has 4 rings (SSSR count). The minimum absolute atomic E-state index is 0.0766. The number of rotatable bonds is 5. The summed E-state index contributed by atoms with van der Waals surface area (Å²) in [5, 5.41) is 3.59. The normalized spacial score (nSPS) is 27.2. The van der Waals surface area contributed by atoms with Gasteiger partial charge in [-0.25, -0.2) is 0 Å². The monoisotopic (exact) mass is 409 g/mol. The SMILES string of the molecule is CC(C)C(C)C(C)N(C(=O)C1C=C2c3cccc4c3C(CN4)CC2N(C)C1)C(C)C. The number of amides is 1. The lowest BCUT2D eigenvalue weighted by Crippen LogP contribution is -2.53. The van der Waals surface area contributed by atoms with Crippen LogP contribution in [0.1, 0.15) is 65.0 Å². The second kappa shape index (κ2) is 8.03. The molecule has 4 heteroatoms. The lowest BCUT2D eigenvalue weighted by atomic mass is 9.74. The van der Waals surface area contributed by atoms with E-state index in [4.69, 9.17) is 0 Å². The Balaban J connectivity index is 1.69. The zero-order chi connectivity index (χ0) is 21.7. The average molecular weight is 410 g/mol. The summed E-state index contributed by atoms with van der Waals surface area (Å²) in [6.45, 7) is 15.2. The van der Waals surface area contributed by atoms with Crippen LogP contribution in [0.25, 0.3) is 5.57 Å². The van der Waals surface area contributed by atoms with Gasteiger partial charge in [-0.2, -0.15) is 0 Å². The third-order valence-corrected chi connectivity index (χ3v) is 8.01. The lowest BCUT2D eigenvalue weighted by molar-refractivity contribution is -0.140. The molecular formula is C26H39N3O. The lowest BCUT2D eigenvalue weighted by Gasteiger charge is -2.44. The molecule has 2 aliphatic heterocycles. The molecule has 0 saturated carbocycles. The van der Waals surface area contributed by atoms with E-state index < -0.39 is 0 Å². The highest BCUT2D eigenvalue weighted by Gasteiger charge is 2.42. The van der Waals surface area contributed by atoms with Crippen LogP contribution in [0.3, 0.4) is 0 Å². The highest BCUT2D eigenvalue weighted by molar-refractivity contribution is 5.88. The van der Waals surface area contributed by atoms with E-state index in [9.17, 15) is 4.79 Å². The molecule has 1 aliphatic carbocycles. The first-order valence-corrected chi connectivity index (χ1v) is 11.8. The second-order valence-corrected chi connectivity index (χ2v) is 10.4. The molecular weight excluding hydrogens is 370 g/mol. The Hall–Kier alpha value is -1.81. The van der Waals surface area contributed by atoms with Crippen LogP contribution in [-0.4, -0.2) is 54.0 Å². The van der Waals surface area contributed by atoms with Gasteiger partial charge < -0.3 is 10.2 Å². The van der Waals surface area contributed by atoms with Gasteiger partial charge in [-0.1, -0.05) is 39.0 Å². The summed E-state index contributed by atoms with van der Waals surface area (Å²) in [5.74, 6) is 1.83. The number of fused-ring (bicyclic) bond motifs is 2. The molecule has 3 aliphatic rings. The Morgan fingerprint density at radius 1 is 1.17 bits per heavy atom. The van der Waals surface area contributed by atoms with E-state index in [1.54, 1.807) is 0 Å². The van der Waals surface area contributed by atoms with E-state index in [1.807, 2.05) is 0 Å². The number of anilines is 1. The van der Waals surface area contributed by atoms with Crippen LogP contribution in [0.5, 0.6) is 0 Å². The maximum atomic E-state index is 13.8. The Kier molecular flexibility index (Phi) is 5.73. The minimum Gasteiger partial charge on any atom is -0.384 e. The molecule has 0 fully saturated rings. The molecule has 5 atom stereocenters. The van der Waals surface area contributed by atoms with E-state index in [0.717, 1.165) is 19.5 Å². The van der Waals surface area contributed by atoms with Crippen molar-refractivity contribution in [1.82, 2.24) is 9.80 Å². The average Bonchev–Trinajstić information content (AvgIpc) is 3.12. The number of nitrogens with zero attached hydrogens (tertiary/aromatic N) is 2. The number of nitrogens with one attached hydrogen (secondary N) is 1. The maximum absolute atomic E-state index is 13.8. The van der Waals surface area contributed by atoms with Crippen molar-refractivity contribution in [3.63, 3.8) is 0 Å². The van der Waals surface area contributed by atoms with Crippen molar-refractivity contribution >= 4 is 17.2 Å². The highest BCUT2D eigenvalue weighted by atomic mass is 16.2. The van der Waals surface area contributed by atoms with Crippen LogP contribution >= 0.6 is 0 Å². The highest BCUT2D eigenvalue weighted by Crippen LogP contribution is 2.48. The summed E-state index contributed by atoms with van der Waals surface area (Å²) in [7, 11) is 2.20. The van der Waals surface area contributed by atoms with Gasteiger partial charge in [-0.05, 0) is 68.8 Å². The number of hydrogen-bond acceptors (Lipinski definition) is 3. The van der Waals surface area contributed by atoms with Gasteiger partial charge in [-0.3, -0.25) is 9.69 Å². The zero-order valence-corrected chi connectivity index (χ0v) is 19.8. The summed E-state index contributed by atoms with van der Waals surface area (Å²) < 4.78 is 0. The van der Waals surface area contributed by atoms with Gasteiger partial charge in [0.05, 0.1) is 5.92 Å². The largest absolute Gasteiger partial charge is 0.384 e. The summed E-state index contributed by atoms with van der Waals surface area (Å²) in [6, 6.07) is 7.48. The Labute approximate surface area is 182 Å². The van der Waals surface area contributed by atoms with E-state index in [1.165, 1.54) is 22.4 Å². The first kappa shape index (κ1) is 21.4. The van der Waals surface area contributed by atoms with Gasteiger partial charge >= 0.3 is 0 Å². The first-order chi connectivity index (χ1) is 14.2. The number of likely N-dealkylation sites (N-methyl/N-ethyl adjacent to an activating group) is 1. The predicted octanol–water partition coefficient (Wildman–Crippen LogP) is 4.83. The van der Waals surface area contributed by atoms with Crippen LogP contribution in [0.15, 0.2) is 24.3 Å². The predicted molar refractivity (Wildman–Crippen MR) is 126 cm³/mol. The van der Waals surface area contributed by atoms with Gasteiger partial charge in [-0.15, -0.1) is 0 Å². The van der Waals surface area contributed by atoms with Crippen molar-refractivity contribution in [3.05, 3.63) is 35.4 Å². The summed E-state index contributed by atoms with van der Waals surface area (Å²) in [4.78, 5) is 18.4. The smallest absolute Gasteiger partial charge is 0.231 e. The molecule has 0 bridgehead atoms. The van der Waals surface area contributed by atoms with Crippen LogP contribution in [0, 0.1) is 17.8 Å². The molecule has 0 radical (unpaired) electrons. The third-order valence-electron chi connectivity index (χ3n) is 8.01. The van der Waals surface area contributed by atoms with Gasteiger partial charge in [0.25, 0.3) is 0 Å². The summed E-state index contributed by atoms with van der Waals surface area (Å²) in [6.07, 6.45) is 3.47. The Morgan fingerprint density at radius 3 is 2.57 bits per heavy atom. The van der Waals surface area contributed by atoms with Crippen molar-refractivity contribution in [3.8, 4) is 0 Å². The number of carbonyl (C=O) groups is 1. The summed E-state index contributed by atoms with van der Waals surface area (Å²) >= 11 is 0. The number of hydrogen-bond donors (Lipinski definition) is 1. The first-order valence-electron chi connectivity index (χ1n) is 11.8. The molecule has 1 amide bonds. The van der Waals surface area contributed by atoms with Crippen molar-refractivity contribution in [1.29, 1.82) is 0 Å². The molecule has 5 unspecified atom stereocenters. The quantitative estimate of drug-likeness (QED) is 0.756. The van der Waals surface area contributed by atoms with Gasteiger partial charge in [0.15, 0.2) is 0 Å². The molecule has 0 saturated heterocycles. The number of carbonyl (C=O) groups excluding carboxylic acids is 1. The van der Waals surface area contributed by atoms with Gasteiger partial charge in [0, 0.05) is 42.8 Å². The fourth-order valence-electron chi connectivity index (χ4n) is 5.93. The molecule has 0 spiro atoms. The van der Waals surface area contributed by atoms with E-state index in [-0.39, 0.29) is 23.9 Å². The second-order valence-electron chi connectivity index (χ2n) is 10.4. The maximum Gasteiger partial charge on any atom is 0.231 e. The molecule has 1 aromatic rings. The van der Waals surface area contributed by atoms with Crippen molar-refractivity contribution in [2.24, 2.45) is 17.8 Å². The standard InChI is InChI=1S/C26H39N3O/c1-15(2)17(5)18(6)29(16(3)4)26(30)20-11-22-21-9-8-10-23-25(21)19(13-27-23)12-24(22)28(7)14-20/h8-11,15-20,24,27H,12-14H2,1-7H3. The topological polar surface area (TPSA) is 35.6 Å². The molecule has 1 N–H and O–H groups in total. The molecule has 4 nitrogen and oxygen atoms in total. The van der Waals surface area contributed by atoms with Crippen molar-refractivity contribution in [2.45, 2.75) is 72.0 Å². The van der Waals surface area contributed by atoms with Crippen molar-refractivity contribution in [2.75, 3.05) is 25.5 Å². The Morgan fingerprint density at radius 2 is 1.90 bits per heavy atom. The molecule has 30 heavy (non-hydrogen) atoms. The molecule has 2 heterocycles.